The first kappa shape index (κ1) is 16.5. The number of amides is 1. The average molecular weight is 321 g/mol. The van der Waals surface area contributed by atoms with E-state index in [2.05, 4.69) is 5.10 Å². The second kappa shape index (κ2) is 7.93. The van der Waals surface area contributed by atoms with Crippen molar-refractivity contribution in [2.75, 3.05) is 19.8 Å². The third-order valence-corrected chi connectivity index (χ3v) is 4.77. The number of ether oxygens (including phenoxy) is 2. The fraction of sp³-hybridized carbons (Fsp3) is 0.765. The Morgan fingerprint density at radius 1 is 1.39 bits per heavy atom. The van der Waals surface area contributed by atoms with E-state index in [9.17, 15) is 4.79 Å². The predicted molar refractivity (Wildman–Crippen MR) is 86.0 cm³/mol. The Bertz CT molecular complexity index is 485. The molecule has 3 rings (SSSR count). The van der Waals surface area contributed by atoms with Gasteiger partial charge in [-0.2, -0.15) is 5.10 Å². The molecule has 2 aliphatic rings. The van der Waals surface area contributed by atoms with Gasteiger partial charge in [0.2, 0.25) is 0 Å². The quantitative estimate of drug-likeness (QED) is 0.802. The Kier molecular flexibility index (Phi) is 5.67. The molecular weight excluding hydrogens is 294 g/mol. The van der Waals surface area contributed by atoms with E-state index in [1.807, 2.05) is 28.8 Å². The summed E-state index contributed by atoms with van der Waals surface area (Å²) in [5.41, 5.74) is 0. The Morgan fingerprint density at radius 3 is 3.04 bits per heavy atom. The van der Waals surface area contributed by atoms with Crippen LogP contribution in [0.15, 0.2) is 18.5 Å². The maximum absolute atomic E-state index is 12.7. The summed E-state index contributed by atoms with van der Waals surface area (Å²) >= 11 is 0. The topological polar surface area (TPSA) is 56.6 Å². The Morgan fingerprint density at radius 2 is 2.30 bits per heavy atom. The largest absolute Gasteiger partial charge is 0.376 e. The molecule has 0 radical (unpaired) electrons. The van der Waals surface area contributed by atoms with Crippen LogP contribution in [0.5, 0.6) is 0 Å². The van der Waals surface area contributed by atoms with Gasteiger partial charge in [0.05, 0.1) is 25.3 Å². The van der Waals surface area contributed by atoms with E-state index in [0.717, 1.165) is 45.4 Å². The fourth-order valence-electron chi connectivity index (χ4n) is 3.44. The molecule has 0 N–H and O–H groups in total. The molecule has 2 aliphatic heterocycles. The van der Waals surface area contributed by atoms with E-state index in [-0.39, 0.29) is 18.1 Å². The molecule has 0 unspecified atom stereocenters. The summed E-state index contributed by atoms with van der Waals surface area (Å²) in [6.45, 7) is 4.77. The lowest BCUT2D eigenvalue weighted by atomic mass is 10.1. The Balaban J connectivity index is 1.49. The van der Waals surface area contributed by atoms with Crippen LogP contribution in [0.4, 0.5) is 0 Å². The number of likely N-dealkylation sites (tertiary alicyclic amines) is 1. The van der Waals surface area contributed by atoms with Gasteiger partial charge >= 0.3 is 0 Å². The van der Waals surface area contributed by atoms with Gasteiger partial charge in [0.15, 0.2) is 0 Å². The molecule has 3 heterocycles. The van der Waals surface area contributed by atoms with Crippen molar-refractivity contribution in [2.24, 2.45) is 0 Å². The number of carbonyl (C=O) groups excluding carboxylic acids is 1. The minimum atomic E-state index is -0.404. The van der Waals surface area contributed by atoms with Gasteiger partial charge < -0.3 is 14.4 Å². The SMILES string of the molecule is C[C@H](OC[C@@H]1CCCCO1)C(=O)N1CCC[C@H]1Cn1cccn1. The standard InChI is InChI=1S/C17H27N3O3/c1-14(23-13-16-7-2-3-11-22-16)17(21)20-10-4-6-15(20)12-19-9-5-8-18-19/h5,8-9,14-16H,2-4,6-7,10-13H2,1H3/t14-,15-,16-/m0/s1. The van der Waals surface area contributed by atoms with E-state index >= 15 is 0 Å². The van der Waals surface area contributed by atoms with E-state index in [4.69, 9.17) is 9.47 Å². The summed E-state index contributed by atoms with van der Waals surface area (Å²) < 4.78 is 13.4. The molecule has 6 nitrogen and oxygen atoms in total. The summed E-state index contributed by atoms with van der Waals surface area (Å²) in [6, 6.07) is 2.14. The average Bonchev–Trinajstić information content (AvgIpc) is 3.25. The lowest BCUT2D eigenvalue weighted by Crippen LogP contribution is -2.44. The number of hydrogen-bond acceptors (Lipinski definition) is 4. The summed E-state index contributed by atoms with van der Waals surface area (Å²) in [4.78, 5) is 14.7. The smallest absolute Gasteiger partial charge is 0.251 e. The van der Waals surface area contributed by atoms with Crippen LogP contribution in [0.1, 0.15) is 39.0 Å². The van der Waals surface area contributed by atoms with E-state index in [1.165, 1.54) is 6.42 Å². The molecule has 0 spiro atoms. The lowest BCUT2D eigenvalue weighted by molar-refractivity contribution is -0.147. The molecule has 1 amide bonds. The van der Waals surface area contributed by atoms with Crippen LogP contribution in [-0.2, 0) is 20.8 Å². The molecule has 2 saturated heterocycles. The van der Waals surface area contributed by atoms with Gasteiger partial charge in [-0.05, 0) is 45.1 Å². The van der Waals surface area contributed by atoms with Crippen LogP contribution in [0.25, 0.3) is 0 Å². The molecule has 128 valence electrons. The Hall–Kier alpha value is -1.40. The molecule has 0 bridgehead atoms. The zero-order valence-electron chi connectivity index (χ0n) is 13.9. The molecular formula is C17H27N3O3. The zero-order chi connectivity index (χ0) is 16.1. The highest BCUT2D eigenvalue weighted by Gasteiger charge is 2.32. The monoisotopic (exact) mass is 321 g/mol. The second-order valence-corrected chi connectivity index (χ2v) is 6.52. The van der Waals surface area contributed by atoms with Crippen molar-refractivity contribution in [3.8, 4) is 0 Å². The van der Waals surface area contributed by atoms with Crippen molar-refractivity contribution < 1.29 is 14.3 Å². The predicted octanol–water partition coefficient (Wildman–Crippen LogP) is 1.85. The van der Waals surface area contributed by atoms with E-state index in [0.29, 0.717) is 6.61 Å². The van der Waals surface area contributed by atoms with Gasteiger partial charge in [-0.3, -0.25) is 9.48 Å². The molecule has 6 heteroatoms. The summed E-state index contributed by atoms with van der Waals surface area (Å²) in [5.74, 6) is 0.0930. The van der Waals surface area contributed by atoms with Crippen molar-refractivity contribution in [3.05, 3.63) is 18.5 Å². The van der Waals surface area contributed by atoms with Crippen LogP contribution < -0.4 is 0 Å². The first-order valence-electron chi connectivity index (χ1n) is 8.75. The molecule has 0 aromatic carbocycles. The normalized spacial score (nSPS) is 26.4. The molecule has 2 fully saturated rings. The van der Waals surface area contributed by atoms with Crippen LogP contribution in [-0.4, -0.2) is 58.6 Å². The third kappa shape index (κ3) is 4.32. The van der Waals surface area contributed by atoms with Gasteiger partial charge in [0.25, 0.3) is 5.91 Å². The second-order valence-electron chi connectivity index (χ2n) is 6.52. The van der Waals surface area contributed by atoms with Gasteiger partial charge in [-0.15, -0.1) is 0 Å². The third-order valence-electron chi connectivity index (χ3n) is 4.77. The lowest BCUT2D eigenvalue weighted by Gasteiger charge is -2.29. The van der Waals surface area contributed by atoms with E-state index < -0.39 is 6.10 Å². The Labute approximate surface area is 137 Å². The van der Waals surface area contributed by atoms with Gasteiger partial charge in [0.1, 0.15) is 6.10 Å². The first-order chi connectivity index (χ1) is 11.2. The number of aromatic nitrogens is 2. The highest BCUT2D eigenvalue weighted by Crippen LogP contribution is 2.21. The molecule has 3 atom stereocenters. The van der Waals surface area contributed by atoms with Crippen molar-refractivity contribution in [3.63, 3.8) is 0 Å². The van der Waals surface area contributed by atoms with Crippen molar-refractivity contribution in [1.29, 1.82) is 0 Å². The molecule has 0 saturated carbocycles. The van der Waals surface area contributed by atoms with Crippen molar-refractivity contribution in [2.45, 2.75) is 63.8 Å². The molecule has 0 aliphatic carbocycles. The van der Waals surface area contributed by atoms with Gasteiger partial charge in [-0.1, -0.05) is 0 Å². The number of nitrogens with zero attached hydrogens (tertiary/aromatic N) is 3. The summed E-state index contributed by atoms with van der Waals surface area (Å²) in [5, 5.41) is 4.25. The van der Waals surface area contributed by atoms with Gasteiger partial charge in [0, 0.05) is 25.5 Å². The van der Waals surface area contributed by atoms with Crippen molar-refractivity contribution in [1.82, 2.24) is 14.7 Å². The highest BCUT2D eigenvalue weighted by molar-refractivity contribution is 5.81. The molecule has 1 aromatic heterocycles. The number of carbonyl (C=O) groups is 1. The van der Waals surface area contributed by atoms with Crippen LogP contribution >= 0.6 is 0 Å². The molecule has 1 aromatic rings. The number of rotatable bonds is 6. The molecule has 23 heavy (non-hydrogen) atoms. The minimum absolute atomic E-state index is 0.0930. The van der Waals surface area contributed by atoms with Crippen LogP contribution in [0, 0.1) is 0 Å². The summed E-state index contributed by atoms with van der Waals surface area (Å²) in [7, 11) is 0. The minimum Gasteiger partial charge on any atom is -0.376 e. The fourth-order valence-corrected chi connectivity index (χ4v) is 3.44. The first-order valence-corrected chi connectivity index (χ1v) is 8.75. The van der Waals surface area contributed by atoms with E-state index in [1.54, 1.807) is 6.20 Å². The highest BCUT2D eigenvalue weighted by atomic mass is 16.5. The number of hydrogen-bond donors (Lipinski definition) is 0. The van der Waals surface area contributed by atoms with Crippen molar-refractivity contribution >= 4 is 5.91 Å². The van der Waals surface area contributed by atoms with Crippen LogP contribution in [0.2, 0.25) is 0 Å². The maximum Gasteiger partial charge on any atom is 0.251 e. The van der Waals surface area contributed by atoms with Gasteiger partial charge in [-0.25, -0.2) is 0 Å². The zero-order valence-corrected chi connectivity index (χ0v) is 13.9. The summed E-state index contributed by atoms with van der Waals surface area (Å²) in [6.07, 6.45) is 8.91. The maximum atomic E-state index is 12.7. The van der Waals surface area contributed by atoms with Crippen LogP contribution in [0.3, 0.4) is 0 Å².